The van der Waals surface area contributed by atoms with E-state index in [1.807, 2.05) is 38.1 Å². The summed E-state index contributed by atoms with van der Waals surface area (Å²) in [6.45, 7) is 8.85. The number of hydrogen-bond donors (Lipinski definition) is 1. The van der Waals surface area contributed by atoms with Crippen molar-refractivity contribution in [2.45, 2.75) is 26.2 Å². The SMILES string of the molecule is C=C(C)CN(CC)C(=O)C1CC(=O)Nc2ccccc21. The summed E-state index contributed by atoms with van der Waals surface area (Å²) >= 11 is 0. The molecule has 4 nitrogen and oxygen atoms in total. The summed E-state index contributed by atoms with van der Waals surface area (Å²) < 4.78 is 0. The zero-order valence-electron chi connectivity index (χ0n) is 12.0. The number of rotatable bonds is 4. The lowest BCUT2D eigenvalue weighted by Crippen LogP contribution is -2.39. The highest BCUT2D eigenvalue weighted by Crippen LogP contribution is 2.33. The van der Waals surface area contributed by atoms with Crippen molar-refractivity contribution in [3.05, 3.63) is 42.0 Å². The van der Waals surface area contributed by atoms with Crippen molar-refractivity contribution in [3.63, 3.8) is 0 Å². The number of likely N-dealkylation sites (N-methyl/N-ethyl adjacent to an activating group) is 1. The predicted molar refractivity (Wildman–Crippen MR) is 79.5 cm³/mol. The molecule has 1 heterocycles. The third-order valence-electron chi connectivity index (χ3n) is 3.45. The third-order valence-corrected chi connectivity index (χ3v) is 3.45. The topological polar surface area (TPSA) is 49.4 Å². The third kappa shape index (κ3) is 2.90. The Labute approximate surface area is 119 Å². The van der Waals surface area contributed by atoms with Crippen molar-refractivity contribution in [3.8, 4) is 0 Å². The molecule has 106 valence electrons. The quantitative estimate of drug-likeness (QED) is 0.856. The molecule has 0 fully saturated rings. The van der Waals surface area contributed by atoms with Gasteiger partial charge >= 0.3 is 0 Å². The lowest BCUT2D eigenvalue weighted by molar-refractivity contribution is -0.134. The van der Waals surface area contributed by atoms with Crippen LogP contribution >= 0.6 is 0 Å². The van der Waals surface area contributed by atoms with Gasteiger partial charge in [0.2, 0.25) is 11.8 Å². The number of benzene rings is 1. The molecule has 0 aromatic heterocycles. The second-order valence-corrected chi connectivity index (χ2v) is 5.20. The summed E-state index contributed by atoms with van der Waals surface area (Å²) in [4.78, 5) is 26.2. The maximum atomic E-state index is 12.7. The Hall–Kier alpha value is -2.10. The molecule has 1 aliphatic rings. The molecule has 4 heteroatoms. The van der Waals surface area contributed by atoms with Gasteiger partial charge in [-0.15, -0.1) is 0 Å². The van der Waals surface area contributed by atoms with Gasteiger partial charge in [-0.2, -0.15) is 0 Å². The minimum absolute atomic E-state index is 0.00204. The zero-order chi connectivity index (χ0) is 14.7. The molecule has 0 bridgehead atoms. The molecular formula is C16H20N2O2. The lowest BCUT2D eigenvalue weighted by atomic mass is 9.89. The Bertz CT molecular complexity index is 551. The Morgan fingerprint density at radius 2 is 2.15 bits per heavy atom. The van der Waals surface area contributed by atoms with Crippen molar-refractivity contribution < 1.29 is 9.59 Å². The second-order valence-electron chi connectivity index (χ2n) is 5.20. The van der Waals surface area contributed by atoms with E-state index in [-0.39, 0.29) is 24.2 Å². The van der Waals surface area contributed by atoms with Gasteiger partial charge in [0, 0.05) is 25.2 Å². The first kappa shape index (κ1) is 14.3. The van der Waals surface area contributed by atoms with Crippen LogP contribution in [0.1, 0.15) is 31.7 Å². The Morgan fingerprint density at radius 1 is 1.45 bits per heavy atom. The number of carbonyl (C=O) groups excluding carboxylic acids is 2. The van der Waals surface area contributed by atoms with Gasteiger partial charge in [0.05, 0.1) is 5.92 Å². The van der Waals surface area contributed by atoms with Crippen molar-refractivity contribution in [1.29, 1.82) is 0 Å². The zero-order valence-corrected chi connectivity index (χ0v) is 12.0. The van der Waals surface area contributed by atoms with Gasteiger partial charge in [-0.1, -0.05) is 30.4 Å². The van der Waals surface area contributed by atoms with Gasteiger partial charge < -0.3 is 10.2 Å². The fraction of sp³-hybridized carbons (Fsp3) is 0.375. The number of para-hydroxylation sites is 1. The molecule has 0 aliphatic carbocycles. The molecule has 0 saturated carbocycles. The lowest BCUT2D eigenvalue weighted by Gasteiger charge is -2.30. The molecule has 1 aromatic carbocycles. The number of amides is 2. The van der Waals surface area contributed by atoms with Gasteiger partial charge in [-0.25, -0.2) is 0 Å². The van der Waals surface area contributed by atoms with Crippen molar-refractivity contribution in [2.75, 3.05) is 18.4 Å². The molecule has 20 heavy (non-hydrogen) atoms. The summed E-state index contributed by atoms with van der Waals surface area (Å²) in [5.41, 5.74) is 2.58. The summed E-state index contributed by atoms with van der Waals surface area (Å²) in [5, 5.41) is 2.82. The van der Waals surface area contributed by atoms with E-state index in [4.69, 9.17) is 0 Å². The standard InChI is InChI=1S/C16H20N2O2/c1-4-18(10-11(2)3)16(20)13-9-15(19)17-14-8-6-5-7-12(13)14/h5-8,13H,2,4,9-10H2,1,3H3,(H,17,19). The van der Waals surface area contributed by atoms with E-state index < -0.39 is 0 Å². The first-order valence-corrected chi connectivity index (χ1v) is 6.85. The molecular weight excluding hydrogens is 252 g/mol. The maximum absolute atomic E-state index is 12.7. The molecule has 1 N–H and O–H groups in total. The number of hydrogen-bond acceptors (Lipinski definition) is 2. The van der Waals surface area contributed by atoms with Crippen LogP contribution < -0.4 is 5.32 Å². The normalized spacial score (nSPS) is 17.1. The first-order valence-electron chi connectivity index (χ1n) is 6.85. The minimum Gasteiger partial charge on any atom is -0.338 e. The van der Waals surface area contributed by atoms with E-state index in [0.29, 0.717) is 13.1 Å². The van der Waals surface area contributed by atoms with E-state index in [2.05, 4.69) is 11.9 Å². The average Bonchev–Trinajstić information content (AvgIpc) is 2.42. The second kappa shape index (κ2) is 5.90. The molecule has 2 rings (SSSR count). The highest BCUT2D eigenvalue weighted by Gasteiger charge is 2.32. The molecule has 0 spiro atoms. The van der Waals surface area contributed by atoms with Gasteiger partial charge in [-0.05, 0) is 25.5 Å². The largest absolute Gasteiger partial charge is 0.338 e. The van der Waals surface area contributed by atoms with Crippen LogP contribution in [-0.4, -0.2) is 29.8 Å². The summed E-state index contributed by atoms with van der Waals surface area (Å²) in [7, 11) is 0. The number of carbonyl (C=O) groups is 2. The molecule has 1 unspecified atom stereocenters. The fourth-order valence-corrected chi connectivity index (χ4v) is 2.52. The monoisotopic (exact) mass is 272 g/mol. The van der Waals surface area contributed by atoms with E-state index in [9.17, 15) is 9.59 Å². The highest BCUT2D eigenvalue weighted by molar-refractivity contribution is 6.01. The molecule has 1 atom stereocenters. The number of nitrogens with one attached hydrogen (secondary N) is 1. The predicted octanol–water partition coefficient (Wildman–Crippen LogP) is 2.54. The highest BCUT2D eigenvalue weighted by atomic mass is 16.2. The van der Waals surface area contributed by atoms with Gasteiger partial charge in [0.15, 0.2) is 0 Å². The number of nitrogens with zero attached hydrogens (tertiary/aromatic N) is 1. The molecule has 1 aromatic rings. The molecule has 1 aliphatic heterocycles. The van der Waals surface area contributed by atoms with Crippen LogP contribution in [0.15, 0.2) is 36.4 Å². The van der Waals surface area contributed by atoms with Crippen molar-refractivity contribution >= 4 is 17.5 Å². The Kier molecular flexibility index (Phi) is 4.23. The molecule has 0 radical (unpaired) electrons. The Morgan fingerprint density at radius 3 is 2.80 bits per heavy atom. The number of anilines is 1. The van der Waals surface area contributed by atoms with Crippen molar-refractivity contribution in [2.24, 2.45) is 0 Å². The van der Waals surface area contributed by atoms with Gasteiger partial charge in [0.25, 0.3) is 0 Å². The van der Waals surface area contributed by atoms with E-state index in [0.717, 1.165) is 16.8 Å². The summed E-state index contributed by atoms with van der Waals surface area (Å²) in [5.74, 6) is -0.495. The van der Waals surface area contributed by atoms with Gasteiger partial charge in [0.1, 0.15) is 0 Å². The van der Waals surface area contributed by atoms with Crippen LogP contribution in [-0.2, 0) is 9.59 Å². The van der Waals surface area contributed by atoms with Crippen LogP contribution in [0.4, 0.5) is 5.69 Å². The van der Waals surface area contributed by atoms with E-state index in [1.165, 1.54) is 0 Å². The van der Waals surface area contributed by atoms with E-state index in [1.54, 1.807) is 4.90 Å². The Balaban J connectivity index is 2.29. The smallest absolute Gasteiger partial charge is 0.230 e. The maximum Gasteiger partial charge on any atom is 0.230 e. The number of fused-ring (bicyclic) bond motifs is 1. The van der Waals surface area contributed by atoms with Crippen molar-refractivity contribution in [1.82, 2.24) is 4.90 Å². The summed E-state index contributed by atoms with van der Waals surface area (Å²) in [6.07, 6.45) is 0.211. The summed E-state index contributed by atoms with van der Waals surface area (Å²) in [6, 6.07) is 7.50. The van der Waals surface area contributed by atoms with Crippen LogP contribution in [0.25, 0.3) is 0 Å². The first-order chi connectivity index (χ1) is 9.52. The van der Waals surface area contributed by atoms with Crippen LogP contribution in [0.3, 0.4) is 0 Å². The van der Waals surface area contributed by atoms with Crippen LogP contribution in [0, 0.1) is 0 Å². The van der Waals surface area contributed by atoms with Gasteiger partial charge in [-0.3, -0.25) is 9.59 Å². The van der Waals surface area contributed by atoms with Crippen LogP contribution in [0.2, 0.25) is 0 Å². The minimum atomic E-state index is -0.390. The fourth-order valence-electron chi connectivity index (χ4n) is 2.52. The van der Waals surface area contributed by atoms with E-state index >= 15 is 0 Å². The molecule has 0 saturated heterocycles. The van der Waals surface area contributed by atoms with Crippen LogP contribution in [0.5, 0.6) is 0 Å². The average molecular weight is 272 g/mol. The molecule has 2 amide bonds.